The lowest BCUT2D eigenvalue weighted by atomic mass is 10.1. The van der Waals surface area contributed by atoms with Gasteiger partial charge in [-0.1, -0.05) is 19.1 Å². The van der Waals surface area contributed by atoms with Crippen LogP contribution < -0.4 is 10.2 Å². The summed E-state index contributed by atoms with van der Waals surface area (Å²) in [6.45, 7) is 3.42. The summed E-state index contributed by atoms with van der Waals surface area (Å²) in [5.74, 6) is 0. The fourth-order valence-electron chi connectivity index (χ4n) is 1.98. The van der Waals surface area contributed by atoms with Gasteiger partial charge in [0.15, 0.2) is 0 Å². The Morgan fingerprint density at radius 2 is 2.12 bits per heavy atom. The number of nitrogens with zero attached hydrogens (tertiary/aromatic N) is 1. The molecule has 4 heteroatoms. The molecule has 1 fully saturated rings. The SMILES string of the molecule is CCc1ccc(N2CC(CNC)OC2=O)cc1. The molecular weight excluding hydrogens is 216 g/mol. The van der Waals surface area contributed by atoms with Crippen LogP contribution in [0.3, 0.4) is 0 Å². The average Bonchev–Trinajstić information content (AvgIpc) is 2.71. The topological polar surface area (TPSA) is 41.6 Å². The molecule has 0 radical (unpaired) electrons. The van der Waals surface area contributed by atoms with Gasteiger partial charge in [0.1, 0.15) is 6.10 Å². The molecule has 0 bridgehead atoms. The third-order valence-electron chi connectivity index (χ3n) is 2.96. The fraction of sp³-hybridized carbons (Fsp3) is 0.462. The molecule has 0 spiro atoms. The number of likely N-dealkylation sites (N-methyl/N-ethyl adjacent to an activating group) is 1. The Bertz CT molecular complexity index is 389. The lowest BCUT2D eigenvalue weighted by Crippen LogP contribution is -2.29. The van der Waals surface area contributed by atoms with Gasteiger partial charge in [0.2, 0.25) is 0 Å². The van der Waals surface area contributed by atoms with Gasteiger partial charge >= 0.3 is 6.09 Å². The third-order valence-corrected chi connectivity index (χ3v) is 2.96. The Balaban J connectivity index is 2.08. The third kappa shape index (κ3) is 2.58. The maximum atomic E-state index is 11.7. The van der Waals surface area contributed by atoms with E-state index in [1.54, 1.807) is 4.90 Å². The molecule has 1 aliphatic rings. The number of hydrogen-bond donors (Lipinski definition) is 1. The van der Waals surface area contributed by atoms with Gasteiger partial charge in [0, 0.05) is 12.2 Å². The largest absolute Gasteiger partial charge is 0.443 e. The molecule has 1 N–H and O–H groups in total. The summed E-state index contributed by atoms with van der Waals surface area (Å²) in [4.78, 5) is 13.4. The number of anilines is 1. The Morgan fingerprint density at radius 1 is 1.41 bits per heavy atom. The normalized spacial score (nSPS) is 19.5. The molecule has 1 atom stereocenters. The lowest BCUT2D eigenvalue weighted by Gasteiger charge is -2.13. The van der Waals surface area contributed by atoms with Crippen molar-refractivity contribution in [2.75, 3.05) is 25.0 Å². The van der Waals surface area contributed by atoms with Crippen molar-refractivity contribution in [2.45, 2.75) is 19.4 Å². The number of amides is 1. The number of ether oxygens (including phenoxy) is 1. The molecule has 1 heterocycles. The highest BCUT2D eigenvalue weighted by Crippen LogP contribution is 2.21. The van der Waals surface area contributed by atoms with E-state index in [9.17, 15) is 4.79 Å². The number of carbonyl (C=O) groups excluding carboxylic acids is 1. The zero-order valence-corrected chi connectivity index (χ0v) is 10.3. The van der Waals surface area contributed by atoms with Gasteiger partial charge < -0.3 is 10.1 Å². The Kier molecular flexibility index (Phi) is 3.64. The summed E-state index contributed by atoms with van der Waals surface area (Å²) >= 11 is 0. The summed E-state index contributed by atoms with van der Waals surface area (Å²) in [6, 6.07) is 8.05. The minimum absolute atomic E-state index is 0.0571. The zero-order valence-electron chi connectivity index (χ0n) is 10.3. The van der Waals surface area contributed by atoms with Crippen molar-refractivity contribution >= 4 is 11.8 Å². The summed E-state index contributed by atoms with van der Waals surface area (Å²) in [6.07, 6.45) is 0.695. The molecule has 0 aromatic heterocycles. The maximum Gasteiger partial charge on any atom is 0.414 e. The monoisotopic (exact) mass is 234 g/mol. The van der Waals surface area contributed by atoms with Crippen molar-refractivity contribution in [1.29, 1.82) is 0 Å². The Labute approximate surface area is 102 Å². The lowest BCUT2D eigenvalue weighted by molar-refractivity contribution is 0.141. The molecule has 1 aliphatic heterocycles. The molecule has 4 nitrogen and oxygen atoms in total. The van der Waals surface area contributed by atoms with E-state index in [0.717, 1.165) is 12.1 Å². The van der Waals surface area contributed by atoms with Crippen LogP contribution in [-0.4, -0.2) is 32.3 Å². The van der Waals surface area contributed by atoms with Crippen LogP contribution in [0.25, 0.3) is 0 Å². The minimum Gasteiger partial charge on any atom is -0.443 e. The van der Waals surface area contributed by atoms with Crippen LogP contribution in [0.15, 0.2) is 24.3 Å². The molecule has 1 aromatic carbocycles. The van der Waals surface area contributed by atoms with Crippen LogP contribution in [0, 0.1) is 0 Å². The van der Waals surface area contributed by atoms with Crippen molar-refractivity contribution in [2.24, 2.45) is 0 Å². The number of nitrogens with one attached hydrogen (secondary N) is 1. The molecular formula is C13H18N2O2. The number of hydrogen-bond acceptors (Lipinski definition) is 3. The van der Waals surface area contributed by atoms with Crippen LogP contribution in [0.5, 0.6) is 0 Å². The number of aryl methyl sites for hydroxylation is 1. The summed E-state index contributed by atoms with van der Waals surface area (Å²) in [5, 5.41) is 3.02. The second-order valence-electron chi connectivity index (χ2n) is 4.19. The average molecular weight is 234 g/mol. The van der Waals surface area contributed by atoms with E-state index in [0.29, 0.717) is 13.1 Å². The van der Waals surface area contributed by atoms with Crippen molar-refractivity contribution in [3.8, 4) is 0 Å². The van der Waals surface area contributed by atoms with Gasteiger partial charge in [-0.05, 0) is 31.2 Å². The predicted octanol–water partition coefficient (Wildman–Crippen LogP) is 1.79. The van der Waals surface area contributed by atoms with E-state index in [1.165, 1.54) is 5.56 Å². The van der Waals surface area contributed by atoms with Crippen LogP contribution >= 0.6 is 0 Å². The molecule has 1 unspecified atom stereocenters. The first-order valence-corrected chi connectivity index (χ1v) is 5.96. The van der Waals surface area contributed by atoms with E-state index >= 15 is 0 Å². The standard InChI is InChI=1S/C13H18N2O2/c1-3-10-4-6-11(7-5-10)15-9-12(8-14-2)17-13(15)16/h4-7,12,14H,3,8-9H2,1-2H3. The van der Waals surface area contributed by atoms with Crippen LogP contribution in [0.4, 0.5) is 10.5 Å². The summed E-state index contributed by atoms with van der Waals surface area (Å²) < 4.78 is 5.25. The van der Waals surface area contributed by atoms with Crippen LogP contribution in [-0.2, 0) is 11.2 Å². The van der Waals surface area contributed by atoms with Crippen molar-refractivity contribution in [3.63, 3.8) is 0 Å². The molecule has 17 heavy (non-hydrogen) atoms. The van der Waals surface area contributed by atoms with Gasteiger partial charge in [0.05, 0.1) is 6.54 Å². The first kappa shape index (κ1) is 11.9. The van der Waals surface area contributed by atoms with Gasteiger partial charge in [-0.15, -0.1) is 0 Å². The predicted molar refractivity (Wildman–Crippen MR) is 67.4 cm³/mol. The van der Waals surface area contributed by atoms with Gasteiger partial charge in [0.25, 0.3) is 0 Å². The molecule has 1 aromatic rings. The number of carbonyl (C=O) groups is 1. The van der Waals surface area contributed by atoms with E-state index in [-0.39, 0.29) is 12.2 Å². The quantitative estimate of drug-likeness (QED) is 0.863. The maximum absolute atomic E-state index is 11.7. The van der Waals surface area contributed by atoms with E-state index < -0.39 is 0 Å². The van der Waals surface area contributed by atoms with Crippen molar-refractivity contribution in [3.05, 3.63) is 29.8 Å². The molecule has 1 saturated heterocycles. The second kappa shape index (κ2) is 5.19. The van der Waals surface area contributed by atoms with E-state index in [4.69, 9.17) is 4.74 Å². The second-order valence-corrected chi connectivity index (χ2v) is 4.19. The highest BCUT2D eigenvalue weighted by Gasteiger charge is 2.31. The molecule has 92 valence electrons. The molecule has 1 amide bonds. The first-order chi connectivity index (χ1) is 8.24. The van der Waals surface area contributed by atoms with Crippen LogP contribution in [0.1, 0.15) is 12.5 Å². The van der Waals surface area contributed by atoms with Gasteiger partial charge in [-0.3, -0.25) is 4.90 Å². The van der Waals surface area contributed by atoms with Gasteiger partial charge in [-0.2, -0.15) is 0 Å². The molecule has 2 rings (SSSR count). The number of cyclic esters (lactones) is 1. The van der Waals surface area contributed by atoms with Crippen molar-refractivity contribution in [1.82, 2.24) is 5.32 Å². The Morgan fingerprint density at radius 3 is 2.71 bits per heavy atom. The minimum atomic E-state index is -0.255. The van der Waals surface area contributed by atoms with Crippen LogP contribution in [0.2, 0.25) is 0 Å². The van der Waals surface area contributed by atoms with E-state index in [1.807, 2.05) is 31.3 Å². The summed E-state index contributed by atoms with van der Waals surface area (Å²) in [5.41, 5.74) is 2.18. The highest BCUT2D eigenvalue weighted by molar-refractivity contribution is 5.89. The summed E-state index contributed by atoms with van der Waals surface area (Å²) in [7, 11) is 1.85. The van der Waals surface area contributed by atoms with Gasteiger partial charge in [-0.25, -0.2) is 4.79 Å². The fourth-order valence-corrected chi connectivity index (χ4v) is 1.98. The first-order valence-electron chi connectivity index (χ1n) is 5.96. The number of rotatable bonds is 4. The number of benzene rings is 1. The smallest absolute Gasteiger partial charge is 0.414 e. The highest BCUT2D eigenvalue weighted by atomic mass is 16.6. The van der Waals surface area contributed by atoms with E-state index in [2.05, 4.69) is 12.2 Å². The molecule has 0 saturated carbocycles. The zero-order chi connectivity index (χ0) is 12.3. The van der Waals surface area contributed by atoms with Crippen molar-refractivity contribution < 1.29 is 9.53 Å². The molecule has 0 aliphatic carbocycles. The Hall–Kier alpha value is -1.55.